The van der Waals surface area contributed by atoms with E-state index in [1.165, 1.54) is 24.0 Å². The summed E-state index contributed by atoms with van der Waals surface area (Å²) in [6.07, 6.45) is -1.32. The number of aliphatic hydroxyl groups is 1. The fraction of sp³-hybridized carbons (Fsp3) is 0.286. The normalized spacial score (nSPS) is 13.4. The summed E-state index contributed by atoms with van der Waals surface area (Å²) in [7, 11) is 1.53. The highest BCUT2D eigenvalue weighted by Gasteiger charge is 2.33. The zero-order valence-corrected chi connectivity index (χ0v) is 6.71. The number of aliphatic hydroxyl groups excluding tert-OH is 1. The number of aromatic nitrogens is 2. The van der Waals surface area contributed by atoms with Gasteiger partial charge in [0.15, 0.2) is 0 Å². The largest absolute Gasteiger partial charge is 0.504 e. The molecule has 72 valence electrons. The summed E-state index contributed by atoms with van der Waals surface area (Å²) in [4.78, 5) is 3.60. The van der Waals surface area contributed by atoms with Crippen LogP contribution in [0.15, 0.2) is 18.2 Å². The summed E-state index contributed by atoms with van der Waals surface area (Å²) in [5.74, 6) is -1.60. The second kappa shape index (κ2) is 3.12. The van der Waals surface area contributed by atoms with E-state index in [0.29, 0.717) is 6.08 Å². The molecule has 0 aliphatic carbocycles. The summed E-state index contributed by atoms with van der Waals surface area (Å²) >= 11 is 0. The van der Waals surface area contributed by atoms with Gasteiger partial charge in [0.05, 0.1) is 0 Å². The number of hydrogen-bond donors (Lipinski definition) is 1. The van der Waals surface area contributed by atoms with Crippen LogP contribution in [0.1, 0.15) is 5.82 Å². The number of imidazole rings is 1. The van der Waals surface area contributed by atoms with Crippen molar-refractivity contribution in [2.24, 2.45) is 7.05 Å². The van der Waals surface area contributed by atoms with Gasteiger partial charge in [-0.3, -0.25) is 0 Å². The monoisotopic (exact) mass is 192 g/mol. The van der Waals surface area contributed by atoms with Crippen LogP contribution in [0.4, 0.5) is 13.2 Å². The summed E-state index contributed by atoms with van der Waals surface area (Å²) in [5, 5.41) is 8.56. The Hall–Kier alpha value is -1.46. The fourth-order valence-corrected chi connectivity index (χ4v) is 0.720. The third kappa shape index (κ3) is 2.24. The van der Waals surface area contributed by atoms with E-state index in [1.807, 2.05) is 0 Å². The Bertz CT molecular complexity index is 327. The molecule has 0 aliphatic rings. The van der Waals surface area contributed by atoms with Gasteiger partial charge in [-0.15, -0.1) is 0 Å². The molecule has 13 heavy (non-hydrogen) atoms. The maximum atomic E-state index is 11.8. The molecular weight excluding hydrogens is 185 g/mol. The van der Waals surface area contributed by atoms with Crippen LogP contribution in [0.2, 0.25) is 0 Å². The molecule has 0 unspecified atom stereocenters. The first-order chi connectivity index (χ1) is 5.91. The lowest BCUT2D eigenvalue weighted by molar-refractivity contribution is -0.119. The lowest BCUT2D eigenvalue weighted by Crippen LogP contribution is -2.11. The van der Waals surface area contributed by atoms with Gasteiger partial charge < -0.3 is 9.67 Å². The predicted molar refractivity (Wildman–Crippen MR) is 39.9 cm³/mol. The number of hydrogen-bond acceptors (Lipinski definition) is 2. The van der Waals surface area contributed by atoms with Gasteiger partial charge in [-0.05, 0) is 0 Å². The van der Waals surface area contributed by atoms with Gasteiger partial charge in [-0.25, -0.2) is 4.98 Å². The van der Waals surface area contributed by atoms with E-state index in [9.17, 15) is 13.2 Å². The van der Waals surface area contributed by atoms with Gasteiger partial charge in [-0.1, -0.05) is 0 Å². The molecule has 0 fully saturated rings. The zero-order chi connectivity index (χ0) is 10.1. The number of halogens is 3. The molecule has 1 rings (SSSR count). The molecule has 0 spiro atoms. The first-order valence-electron chi connectivity index (χ1n) is 3.36. The SMILES string of the molecule is Cn1ccnc1/C=C(\O)C(F)(F)F. The number of aryl methyl sites for hydroxylation is 1. The summed E-state index contributed by atoms with van der Waals surface area (Å²) in [5.41, 5.74) is 0. The first-order valence-corrected chi connectivity index (χ1v) is 3.36. The van der Waals surface area contributed by atoms with Crippen molar-refractivity contribution in [3.63, 3.8) is 0 Å². The lowest BCUT2D eigenvalue weighted by atomic mass is 10.4. The van der Waals surface area contributed by atoms with E-state index >= 15 is 0 Å². The van der Waals surface area contributed by atoms with E-state index in [4.69, 9.17) is 5.11 Å². The van der Waals surface area contributed by atoms with Crippen LogP contribution >= 0.6 is 0 Å². The summed E-state index contributed by atoms with van der Waals surface area (Å²) in [6, 6.07) is 0. The molecule has 1 heterocycles. The first kappa shape index (κ1) is 9.63. The van der Waals surface area contributed by atoms with Gasteiger partial charge >= 0.3 is 6.18 Å². The topological polar surface area (TPSA) is 38.0 Å². The van der Waals surface area contributed by atoms with Gasteiger partial charge in [0, 0.05) is 25.5 Å². The van der Waals surface area contributed by atoms with E-state index < -0.39 is 11.9 Å². The van der Waals surface area contributed by atoms with Crippen molar-refractivity contribution in [2.45, 2.75) is 6.18 Å². The standard InChI is InChI=1S/C7H7F3N2O/c1-12-3-2-11-6(12)4-5(13)7(8,9)10/h2-4,13H,1H3/b5-4-. The van der Waals surface area contributed by atoms with Crippen molar-refractivity contribution >= 4 is 6.08 Å². The summed E-state index contributed by atoms with van der Waals surface area (Å²) in [6.45, 7) is 0. The van der Waals surface area contributed by atoms with Crippen molar-refractivity contribution < 1.29 is 18.3 Å². The summed E-state index contributed by atoms with van der Waals surface area (Å²) < 4.78 is 36.8. The Morgan fingerprint density at radius 1 is 1.62 bits per heavy atom. The number of allylic oxidation sites excluding steroid dienone is 1. The van der Waals surface area contributed by atoms with Crippen molar-refractivity contribution in [2.75, 3.05) is 0 Å². The van der Waals surface area contributed by atoms with Crippen molar-refractivity contribution in [3.05, 3.63) is 24.0 Å². The molecule has 6 heteroatoms. The van der Waals surface area contributed by atoms with Gasteiger partial charge in [0.25, 0.3) is 0 Å². The van der Waals surface area contributed by atoms with Crippen molar-refractivity contribution in [3.8, 4) is 0 Å². The van der Waals surface area contributed by atoms with Crippen LogP contribution in [0, 0.1) is 0 Å². The number of rotatable bonds is 1. The van der Waals surface area contributed by atoms with Crippen LogP contribution in [0.3, 0.4) is 0 Å². The van der Waals surface area contributed by atoms with Crippen LogP contribution in [0.25, 0.3) is 6.08 Å². The molecule has 0 saturated carbocycles. The molecule has 0 bridgehead atoms. The maximum absolute atomic E-state index is 11.8. The zero-order valence-electron chi connectivity index (χ0n) is 6.71. The minimum Gasteiger partial charge on any atom is -0.504 e. The predicted octanol–water partition coefficient (Wildman–Crippen LogP) is 1.88. The Morgan fingerprint density at radius 3 is 2.62 bits per heavy atom. The molecule has 3 nitrogen and oxygen atoms in total. The Morgan fingerprint density at radius 2 is 2.23 bits per heavy atom. The fourth-order valence-electron chi connectivity index (χ4n) is 0.720. The van der Waals surface area contributed by atoms with E-state index in [2.05, 4.69) is 4.98 Å². The quantitative estimate of drug-likeness (QED) is 0.690. The Balaban J connectivity index is 2.96. The van der Waals surface area contributed by atoms with E-state index in [-0.39, 0.29) is 5.82 Å². The minimum absolute atomic E-state index is 0.0508. The highest BCUT2D eigenvalue weighted by atomic mass is 19.4. The molecular formula is C7H7F3N2O. The van der Waals surface area contributed by atoms with Crippen LogP contribution < -0.4 is 0 Å². The molecule has 0 aromatic carbocycles. The number of alkyl halides is 3. The van der Waals surface area contributed by atoms with Gasteiger partial charge in [0.2, 0.25) is 5.76 Å². The van der Waals surface area contributed by atoms with E-state index in [1.54, 1.807) is 0 Å². The second-order valence-electron chi connectivity index (χ2n) is 2.42. The smallest absolute Gasteiger partial charge is 0.448 e. The van der Waals surface area contributed by atoms with E-state index in [0.717, 1.165) is 0 Å². The molecule has 0 aliphatic heterocycles. The molecule has 0 amide bonds. The molecule has 0 radical (unpaired) electrons. The van der Waals surface area contributed by atoms with Gasteiger partial charge in [0.1, 0.15) is 5.82 Å². The highest BCUT2D eigenvalue weighted by Crippen LogP contribution is 2.24. The molecule has 1 N–H and O–H groups in total. The molecule has 0 saturated heterocycles. The van der Waals surface area contributed by atoms with Gasteiger partial charge in [-0.2, -0.15) is 13.2 Å². The third-order valence-corrected chi connectivity index (χ3v) is 1.41. The molecule has 1 aromatic rings. The average molecular weight is 192 g/mol. The van der Waals surface area contributed by atoms with Crippen molar-refractivity contribution in [1.29, 1.82) is 0 Å². The molecule has 0 atom stereocenters. The van der Waals surface area contributed by atoms with Crippen LogP contribution in [-0.4, -0.2) is 20.8 Å². The average Bonchev–Trinajstić information content (AvgIpc) is 2.34. The van der Waals surface area contributed by atoms with Crippen molar-refractivity contribution in [1.82, 2.24) is 9.55 Å². The Kier molecular flexibility index (Phi) is 2.31. The second-order valence-corrected chi connectivity index (χ2v) is 2.42. The van der Waals surface area contributed by atoms with Crippen LogP contribution in [-0.2, 0) is 7.05 Å². The van der Waals surface area contributed by atoms with Crippen LogP contribution in [0.5, 0.6) is 0 Å². The molecule has 1 aromatic heterocycles. The maximum Gasteiger partial charge on any atom is 0.448 e. The number of nitrogens with zero attached hydrogens (tertiary/aromatic N) is 2. The highest BCUT2D eigenvalue weighted by molar-refractivity contribution is 5.44. The minimum atomic E-state index is -4.72. The Labute approximate surface area is 72.1 Å². The third-order valence-electron chi connectivity index (χ3n) is 1.41. The lowest BCUT2D eigenvalue weighted by Gasteiger charge is -2.03.